The van der Waals surface area contributed by atoms with Crippen LogP contribution in [0.1, 0.15) is 18.5 Å². The molecular formula is C11H18N2OS2. The number of likely N-dealkylation sites (N-methyl/N-ethyl adjacent to an activating group) is 1. The predicted octanol–water partition coefficient (Wildman–Crippen LogP) is 1.83. The first kappa shape index (κ1) is 12.4. The molecule has 0 amide bonds. The van der Waals surface area contributed by atoms with Crippen LogP contribution in [-0.4, -0.2) is 45.7 Å². The average Bonchev–Trinajstić information content (AvgIpc) is 2.82. The van der Waals surface area contributed by atoms with Crippen LogP contribution in [0.4, 0.5) is 0 Å². The highest BCUT2D eigenvalue weighted by molar-refractivity contribution is 7.99. The molecule has 1 fully saturated rings. The number of hydrogen-bond acceptors (Lipinski definition) is 5. The molecule has 0 aliphatic carbocycles. The molecule has 2 heterocycles. The van der Waals surface area contributed by atoms with Crippen LogP contribution < -0.4 is 0 Å². The topological polar surface area (TPSA) is 36.4 Å². The fourth-order valence-electron chi connectivity index (χ4n) is 2.14. The lowest BCUT2D eigenvalue weighted by molar-refractivity contribution is 0.0354. The Morgan fingerprint density at radius 3 is 2.81 bits per heavy atom. The number of thioether (sulfide) groups is 1. The number of aromatic nitrogens is 1. The van der Waals surface area contributed by atoms with Gasteiger partial charge in [-0.15, -0.1) is 11.3 Å². The molecular weight excluding hydrogens is 240 g/mol. The molecule has 0 saturated carbocycles. The van der Waals surface area contributed by atoms with Gasteiger partial charge in [0.05, 0.1) is 17.8 Å². The summed E-state index contributed by atoms with van der Waals surface area (Å²) in [4.78, 5) is 6.59. The Morgan fingerprint density at radius 2 is 2.25 bits per heavy atom. The van der Waals surface area contributed by atoms with E-state index in [1.807, 2.05) is 17.3 Å². The summed E-state index contributed by atoms with van der Waals surface area (Å²) in [5, 5.41) is 11.8. The van der Waals surface area contributed by atoms with E-state index in [4.69, 9.17) is 0 Å². The fourth-order valence-corrected chi connectivity index (χ4v) is 3.94. The third kappa shape index (κ3) is 2.59. The van der Waals surface area contributed by atoms with Crippen LogP contribution in [0.2, 0.25) is 0 Å². The maximum atomic E-state index is 9.67. The van der Waals surface area contributed by atoms with E-state index >= 15 is 0 Å². The van der Waals surface area contributed by atoms with Gasteiger partial charge in [-0.3, -0.25) is 4.90 Å². The lowest BCUT2D eigenvalue weighted by atomic mass is 9.91. The monoisotopic (exact) mass is 258 g/mol. The van der Waals surface area contributed by atoms with Gasteiger partial charge in [-0.25, -0.2) is 4.98 Å². The van der Waals surface area contributed by atoms with Crippen molar-refractivity contribution in [2.75, 3.05) is 25.2 Å². The zero-order valence-electron chi connectivity index (χ0n) is 9.56. The fraction of sp³-hybridized carbons (Fsp3) is 0.727. The normalized spacial score (nSPS) is 20.2. The lowest BCUT2D eigenvalue weighted by Crippen LogP contribution is -2.51. The molecule has 2 rings (SSSR count). The van der Waals surface area contributed by atoms with Gasteiger partial charge in [-0.2, -0.15) is 11.8 Å². The van der Waals surface area contributed by atoms with Crippen LogP contribution in [0.25, 0.3) is 0 Å². The Bertz CT molecular complexity index is 310. The third-order valence-electron chi connectivity index (χ3n) is 3.41. The van der Waals surface area contributed by atoms with Crippen LogP contribution in [0, 0.1) is 0 Å². The Balaban J connectivity index is 2.02. The molecule has 1 aliphatic rings. The SMILES string of the molecule is CN(Cc1cscn1)C1(CO)CCSCC1. The summed E-state index contributed by atoms with van der Waals surface area (Å²) in [7, 11) is 2.10. The Kier molecular flexibility index (Phi) is 4.24. The highest BCUT2D eigenvalue weighted by Gasteiger charge is 2.35. The molecule has 0 bridgehead atoms. The molecule has 0 radical (unpaired) electrons. The van der Waals surface area contributed by atoms with Crippen molar-refractivity contribution in [2.24, 2.45) is 0 Å². The highest BCUT2D eigenvalue weighted by atomic mass is 32.2. The molecule has 0 unspecified atom stereocenters. The molecule has 1 aromatic rings. The maximum Gasteiger partial charge on any atom is 0.0795 e. The van der Waals surface area contributed by atoms with Gasteiger partial charge in [0.1, 0.15) is 0 Å². The molecule has 0 aromatic carbocycles. The number of thiazole rings is 1. The molecule has 3 nitrogen and oxygen atoms in total. The summed E-state index contributed by atoms with van der Waals surface area (Å²) >= 11 is 3.62. The molecule has 5 heteroatoms. The summed E-state index contributed by atoms with van der Waals surface area (Å²) in [5.41, 5.74) is 2.96. The van der Waals surface area contributed by atoms with Crippen molar-refractivity contribution in [1.82, 2.24) is 9.88 Å². The minimum absolute atomic E-state index is 0.0190. The van der Waals surface area contributed by atoms with E-state index in [1.165, 1.54) is 0 Å². The van der Waals surface area contributed by atoms with E-state index in [1.54, 1.807) is 11.3 Å². The summed E-state index contributed by atoms with van der Waals surface area (Å²) in [6.07, 6.45) is 2.16. The molecule has 1 aliphatic heterocycles. The van der Waals surface area contributed by atoms with Crippen LogP contribution >= 0.6 is 23.1 Å². The third-order valence-corrected chi connectivity index (χ3v) is 5.03. The van der Waals surface area contributed by atoms with E-state index in [-0.39, 0.29) is 12.1 Å². The second-order valence-electron chi connectivity index (χ2n) is 4.33. The Morgan fingerprint density at radius 1 is 1.50 bits per heavy atom. The number of hydrogen-bond donors (Lipinski definition) is 1. The van der Waals surface area contributed by atoms with Crippen molar-refractivity contribution in [3.63, 3.8) is 0 Å². The van der Waals surface area contributed by atoms with Gasteiger partial charge in [-0.1, -0.05) is 0 Å². The van der Waals surface area contributed by atoms with Crippen molar-refractivity contribution < 1.29 is 5.11 Å². The van der Waals surface area contributed by atoms with Gasteiger partial charge < -0.3 is 5.11 Å². The number of aliphatic hydroxyl groups is 1. The molecule has 90 valence electrons. The van der Waals surface area contributed by atoms with Crippen molar-refractivity contribution in [3.8, 4) is 0 Å². The second-order valence-corrected chi connectivity index (χ2v) is 6.27. The van der Waals surface area contributed by atoms with E-state index in [0.29, 0.717) is 0 Å². The minimum atomic E-state index is -0.0190. The Hall–Kier alpha value is -0.100. The first-order valence-electron chi connectivity index (χ1n) is 5.54. The van der Waals surface area contributed by atoms with Gasteiger partial charge in [0.2, 0.25) is 0 Å². The van der Waals surface area contributed by atoms with Gasteiger partial charge in [0, 0.05) is 17.5 Å². The minimum Gasteiger partial charge on any atom is -0.394 e. The van der Waals surface area contributed by atoms with E-state index in [0.717, 1.165) is 36.6 Å². The van der Waals surface area contributed by atoms with Crippen molar-refractivity contribution in [2.45, 2.75) is 24.9 Å². The van der Waals surface area contributed by atoms with Gasteiger partial charge >= 0.3 is 0 Å². The zero-order chi connectivity index (χ0) is 11.4. The van der Waals surface area contributed by atoms with Crippen molar-refractivity contribution in [3.05, 3.63) is 16.6 Å². The van der Waals surface area contributed by atoms with Crippen molar-refractivity contribution in [1.29, 1.82) is 0 Å². The summed E-state index contributed by atoms with van der Waals surface area (Å²) < 4.78 is 0. The first-order valence-corrected chi connectivity index (χ1v) is 7.63. The van der Waals surface area contributed by atoms with E-state index in [2.05, 4.69) is 22.3 Å². The average molecular weight is 258 g/mol. The first-order chi connectivity index (χ1) is 7.77. The van der Waals surface area contributed by atoms with Crippen LogP contribution in [-0.2, 0) is 6.54 Å². The smallest absolute Gasteiger partial charge is 0.0795 e. The van der Waals surface area contributed by atoms with E-state index < -0.39 is 0 Å². The molecule has 0 spiro atoms. The van der Waals surface area contributed by atoms with Gasteiger partial charge in [0.15, 0.2) is 0 Å². The Labute approximate surface area is 105 Å². The van der Waals surface area contributed by atoms with Gasteiger partial charge in [0.25, 0.3) is 0 Å². The van der Waals surface area contributed by atoms with Crippen LogP contribution in [0.3, 0.4) is 0 Å². The maximum absolute atomic E-state index is 9.67. The number of aliphatic hydroxyl groups excluding tert-OH is 1. The molecule has 1 saturated heterocycles. The highest BCUT2D eigenvalue weighted by Crippen LogP contribution is 2.32. The largest absolute Gasteiger partial charge is 0.394 e. The quantitative estimate of drug-likeness (QED) is 0.894. The van der Waals surface area contributed by atoms with E-state index in [9.17, 15) is 5.11 Å². The molecule has 16 heavy (non-hydrogen) atoms. The molecule has 0 atom stereocenters. The number of rotatable bonds is 4. The standard InChI is InChI=1S/C11H18N2OS2/c1-13(6-10-7-16-9-12-10)11(8-14)2-4-15-5-3-11/h7,9,14H,2-6,8H2,1H3. The zero-order valence-corrected chi connectivity index (χ0v) is 11.2. The molecule has 1 N–H and O–H groups in total. The number of nitrogens with zero attached hydrogens (tertiary/aromatic N) is 2. The predicted molar refractivity (Wildman–Crippen MR) is 70.0 cm³/mol. The summed E-state index contributed by atoms with van der Waals surface area (Å²) in [6.45, 7) is 1.10. The van der Waals surface area contributed by atoms with Crippen LogP contribution in [0.5, 0.6) is 0 Å². The summed E-state index contributed by atoms with van der Waals surface area (Å²) in [6, 6.07) is 0. The molecule has 1 aromatic heterocycles. The van der Waals surface area contributed by atoms with Gasteiger partial charge in [-0.05, 0) is 31.4 Å². The van der Waals surface area contributed by atoms with Crippen LogP contribution in [0.15, 0.2) is 10.9 Å². The second kappa shape index (κ2) is 5.49. The summed E-state index contributed by atoms with van der Waals surface area (Å²) in [5.74, 6) is 2.31. The van der Waals surface area contributed by atoms with Crippen molar-refractivity contribution >= 4 is 23.1 Å². The lowest BCUT2D eigenvalue weighted by Gasteiger charge is -2.43.